The molecule has 0 heterocycles. The third-order valence-corrected chi connectivity index (χ3v) is 16.1. The monoisotopic (exact) mass is 875 g/mol. The normalized spacial score (nSPS) is 31.4. The summed E-state index contributed by atoms with van der Waals surface area (Å²) in [7, 11) is 0. The van der Waals surface area contributed by atoms with Crippen LogP contribution in [-0.4, -0.2) is 52.7 Å². The summed E-state index contributed by atoms with van der Waals surface area (Å²) in [6.07, 6.45) is 18.3. The Morgan fingerprint density at radius 1 is 0.841 bits per heavy atom. The number of carbonyl (C=O) groups excluding carboxylic acids is 3. The van der Waals surface area contributed by atoms with E-state index in [0.717, 1.165) is 63.4 Å². The van der Waals surface area contributed by atoms with Gasteiger partial charge in [0.05, 0.1) is 18.3 Å². The zero-order valence-corrected chi connectivity index (χ0v) is 41.8. The van der Waals surface area contributed by atoms with E-state index in [2.05, 4.69) is 113 Å². The van der Waals surface area contributed by atoms with Crippen LogP contribution in [0.1, 0.15) is 178 Å². The lowest BCUT2D eigenvalue weighted by molar-refractivity contribution is -0.194. The standard InChI is InChI=1S/C42H66O7.C9H12.C2H6O.C2H2/c1-12-32(49-33(44)22-38(5,6)7)42-20-16-28-26(36(42)35(24(2)3)29(43)21-42)13-14-31-40(10)19-17-30(25(4)27(40)15-18-41(28,31)11)48-34(45)23-39(8,9)37(46)47;1-3-9-6-4-8(2)5-7-9;1-2-3;1-2/h24-28,30-32H,12-23H2,1-11H3,(H,46,47);4-7H,3H2,1-2H3;3H,2H2,1H3;1-2H/t25?,26?,27?,28?,30?,31?,32-,40?,41+,42?;;;/m1.../s1. The molecule has 8 unspecified atom stereocenters. The Bertz CT molecular complexity index is 1780. The summed E-state index contributed by atoms with van der Waals surface area (Å²) in [4.78, 5) is 51.8. The lowest BCUT2D eigenvalue weighted by atomic mass is 9.38. The largest absolute Gasteiger partial charge is 0.481 e. The number of fused-ring (bicyclic) bond motifs is 7. The number of aryl methyl sites for hydroxylation is 2. The van der Waals surface area contributed by atoms with Gasteiger partial charge >= 0.3 is 17.9 Å². The molecular weight excluding hydrogens is 789 g/mol. The molecule has 1 aromatic rings. The predicted molar refractivity (Wildman–Crippen MR) is 254 cm³/mol. The molecule has 5 aliphatic rings. The van der Waals surface area contributed by atoms with Gasteiger partial charge in [0, 0.05) is 18.4 Å². The third-order valence-electron chi connectivity index (χ3n) is 16.1. The van der Waals surface area contributed by atoms with E-state index >= 15 is 0 Å². The van der Waals surface area contributed by atoms with E-state index in [1.807, 2.05) is 0 Å². The maximum absolute atomic E-state index is 14.0. The molecular formula is C55H86O8. The molecule has 0 spiro atoms. The topological polar surface area (TPSA) is 127 Å². The Kier molecular flexibility index (Phi) is 18.6. The number of carboxylic acids is 1. The minimum atomic E-state index is -1.15. The fourth-order valence-electron chi connectivity index (χ4n) is 13.2. The number of rotatable bonds is 10. The predicted octanol–water partition coefficient (Wildman–Crippen LogP) is 12.2. The molecule has 354 valence electrons. The highest BCUT2D eigenvalue weighted by atomic mass is 16.5. The summed E-state index contributed by atoms with van der Waals surface area (Å²) in [5.74, 6) is 0.891. The molecule has 4 saturated carbocycles. The van der Waals surface area contributed by atoms with Gasteiger partial charge in [-0.25, -0.2) is 0 Å². The number of aliphatic hydroxyl groups excluding tert-OH is 1. The molecule has 0 bridgehead atoms. The molecule has 10 atom stereocenters. The Balaban J connectivity index is 0.000000650. The maximum atomic E-state index is 14.0. The summed E-state index contributed by atoms with van der Waals surface area (Å²) in [5.41, 5.74) is 3.72. The number of ketones is 1. The first-order chi connectivity index (χ1) is 29.3. The van der Waals surface area contributed by atoms with Crippen LogP contribution in [0.2, 0.25) is 0 Å². The number of Topliss-reactive ketones (excluding diaryl/α,β-unsaturated/α-hetero) is 1. The Hall–Kier alpha value is -3.44. The summed E-state index contributed by atoms with van der Waals surface area (Å²) in [5, 5.41) is 17.1. The first kappa shape index (κ1) is 53.9. The van der Waals surface area contributed by atoms with Crippen molar-refractivity contribution in [2.75, 3.05) is 6.61 Å². The number of allylic oxidation sites excluding steroid dienone is 1. The molecule has 1 aromatic carbocycles. The van der Waals surface area contributed by atoms with Gasteiger partial charge in [-0.05, 0) is 160 Å². The second kappa shape index (κ2) is 21.7. The van der Waals surface area contributed by atoms with E-state index in [4.69, 9.17) is 14.6 Å². The highest BCUT2D eigenvalue weighted by Crippen LogP contribution is 2.72. The average molecular weight is 875 g/mol. The summed E-state index contributed by atoms with van der Waals surface area (Å²) in [6, 6.07) is 8.66. The smallest absolute Gasteiger partial charge is 0.309 e. The maximum Gasteiger partial charge on any atom is 0.309 e. The van der Waals surface area contributed by atoms with E-state index in [1.54, 1.807) is 20.8 Å². The van der Waals surface area contributed by atoms with Crippen molar-refractivity contribution < 1.29 is 38.9 Å². The number of esters is 2. The Morgan fingerprint density at radius 2 is 1.40 bits per heavy atom. The van der Waals surface area contributed by atoms with Gasteiger partial charge in [0.2, 0.25) is 0 Å². The summed E-state index contributed by atoms with van der Waals surface area (Å²) < 4.78 is 12.4. The van der Waals surface area contributed by atoms with Gasteiger partial charge in [0.25, 0.3) is 0 Å². The number of hydrogen-bond donors (Lipinski definition) is 2. The molecule has 0 aromatic heterocycles. The third kappa shape index (κ3) is 11.7. The van der Waals surface area contributed by atoms with Crippen LogP contribution in [0.15, 0.2) is 35.4 Å². The van der Waals surface area contributed by atoms with Crippen molar-refractivity contribution in [2.45, 2.75) is 193 Å². The molecule has 0 amide bonds. The SMILES string of the molecule is C#C.CCO.CC[C@@H](OC(=O)CC(C)(C)C)C12CCC3C(CCC4C5(C)CCC(OC(=O)CC(C)(C)C(=O)O)C(C)C5CC[C@@]34C)C1=C(C(C)C)C(=O)C2.CCc1ccc(C)cc1. The van der Waals surface area contributed by atoms with Crippen molar-refractivity contribution in [3.8, 4) is 12.8 Å². The lowest BCUT2D eigenvalue weighted by Gasteiger charge is -2.67. The van der Waals surface area contributed by atoms with Crippen molar-refractivity contribution in [2.24, 2.45) is 62.6 Å². The number of terminal acetylenes is 1. The van der Waals surface area contributed by atoms with E-state index in [0.29, 0.717) is 42.9 Å². The molecule has 2 N–H and O–H groups in total. The van der Waals surface area contributed by atoms with Gasteiger partial charge in [-0.15, -0.1) is 12.8 Å². The van der Waals surface area contributed by atoms with Gasteiger partial charge < -0.3 is 19.7 Å². The van der Waals surface area contributed by atoms with Crippen LogP contribution in [0.4, 0.5) is 0 Å². The number of ether oxygens (including phenoxy) is 2. The fraction of sp³-hybridized carbons (Fsp3) is 0.745. The van der Waals surface area contributed by atoms with Crippen LogP contribution in [-0.2, 0) is 35.1 Å². The first-order valence-corrected chi connectivity index (χ1v) is 24.2. The molecule has 0 aliphatic heterocycles. The van der Waals surface area contributed by atoms with Crippen molar-refractivity contribution in [1.82, 2.24) is 0 Å². The van der Waals surface area contributed by atoms with Gasteiger partial charge in [-0.2, -0.15) is 0 Å². The van der Waals surface area contributed by atoms with Crippen molar-refractivity contribution in [1.29, 1.82) is 0 Å². The van der Waals surface area contributed by atoms with Crippen LogP contribution in [0.3, 0.4) is 0 Å². The molecule has 0 radical (unpaired) electrons. The van der Waals surface area contributed by atoms with Crippen LogP contribution >= 0.6 is 0 Å². The van der Waals surface area contributed by atoms with Crippen molar-refractivity contribution in [3.05, 3.63) is 46.5 Å². The number of hydrogen-bond acceptors (Lipinski definition) is 7. The van der Waals surface area contributed by atoms with Crippen LogP contribution in [0.25, 0.3) is 0 Å². The minimum Gasteiger partial charge on any atom is -0.481 e. The minimum absolute atomic E-state index is 0.121. The lowest BCUT2D eigenvalue weighted by Crippen LogP contribution is -2.61. The van der Waals surface area contributed by atoms with E-state index in [1.165, 1.54) is 16.7 Å². The average Bonchev–Trinajstić information content (AvgIpc) is 3.52. The van der Waals surface area contributed by atoms with Gasteiger partial charge in [0.15, 0.2) is 5.78 Å². The van der Waals surface area contributed by atoms with E-state index in [-0.39, 0.29) is 65.1 Å². The highest BCUT2D eigenvalue weighted by Gasteiger charge is 2.66. The molecule has 63 heavy (non-hydrogen) atoms. The molecule has 6 rings (SSSR count). The molecule has 0 saturated heterocycles. The zero-order valence-electron chi connectivity index (χ0n) is 41.8. The number of benzene rings is 1. The Morgan fingerprint density at radius 3 is 1.92 bits per heavy atom. The van der Waals surface area contributed by atoms with Gasteiger partial charge in [0.1, 0.15) is 12.2 Å². The first-order valence-electron chi connectivity index (χ1n) is 24.2. The molecule has 4 fully saturated rings. The van der Waals surface area contributed by atoms with Crippen molar-refractivity contribution in [3.63, 3.8) is 0 Å². The second-order valence-corrected chi connectivity index (χ2v) is 22.3. The van der Waals surface area contributed by atoms with E-state index in [9.17, 15) is 24.3 Å². The fourth-order valence-corrected chi connectivity index (χ4v) is 13.2. The summed E-state index contributed by atoms with van der Waals surface area (Å²) >= 11 is 0. The number of carboxylic acid groups (broad SMARTS) is 1. The Labute approximate surface area is 382 Å². The quantitative estimate of drug-likeness (QED) is 0.176. The molecule has 8 heteroatoms. The number of carbonyl (C=O) groups is 4. The van der Waals surface area contributed by atoms with E-state index < -0.39 is 22.8 Å². The van der Waals surface area contributed by atoms with Gasteiger partial charge in [-0.1, -0.05) is 99.1 Å². The second-order valence-electron chi connectivity index (χ2n) is 22.3. The van der Waals surface area contributed by atoms with Gasteiger partial charge in [-0.3, -0.25) is 19.2 Å². The molecule has 8 nitrogen and oxygen atoms in total. The summed E-state index contributed by atoms with van der Waals surface area (Å²) in [6.45, 7) is 29.3. The number of aliphatic hydroxyl groups is 1. The van der Waals surface area contributed by atoms with Crippen LogP contribution in [0, 0.1) is 82.4 Å². The van der Waals surface area contributed by atoms with Crippen molar-refractivity contribution >= 4 is 23.7 Å². The van der Waals surface area contributed by atoms with Crippen LogP contribution in [0.5, 0.6) is 0 Å². The zero-order chi connectivity index (χ0) is 47.9. The highest BCUT2D eigenvalue weighted by molar-refractivity contribution is 6.00. The number of aliphatic carboxylic acids is 1. The molecule has 5 aliphatic carbocycles. The van der Waals surface area contributed by atoms with Crippen LogP contribution < -0.4 is 0 Å².